The summed E-state index contributed by atoms with van der Waals surface area (Å²) >= 11 is 0. The fourth-order valence-electron chi connectivity index (χ4n) is 4.39. The molecule has 0 saturated carbocycles. The summed E-state index contributed by atoms with van der Waals surface area (Å²) in [5.74, 6) is 1.96. The number of hydrogen-bond acceptors (Lipinski definition) is 4. The highest BCUT2D eigenvalue weighted by molar-refractivity contribution is 5.81. The van der Waals surface area contributed by atoms with Crippen LogP contribution in [0.2, 0.25) is 0 Å². The minimum atomic E-state index is -0.357. The first-order valence-corrected chi connectivity index (χ1v) is 11.7. The normalized spacial score (nSPS) is 14.5. The molecule has 0 N–H and O–H groups in total. The molecule has 172 valence electrons. The minimum Gasteiger partial charge on any atom is -0.353 e. The van der Waals surface area contributed by atoms with E-state index in [9.17, 15) is 4.79 Å². The molecule has 0 spiro atoms. The lowest BCUT2D eigenvalue weighted by Crippen LogP contribution is -2.52. The fourth-order valence-corrected chi connectivity index (χ4v) is 4.39. The van der Waals surface area contributed by atoms with E-state index in [4.69, 9.17) is 9.97 Å². The predicted octanol–water partition coefficient (Wildman–Crippen LogP) is 5.05. The third-order valence-corrected chi connectivity index (χ3v) is 6.20. The van der Waals surface area contributed by atoms with Gasteiger partial charge in [0, 0.05) is 54.8 Å². The van der Waals surface area contributed by atoms with Crippen LogP contribution in [0.25, 0.3) is 11.4 Å². The van der Waals surface area contributed by atoms with Crippen molar-refractivity contribution in [2.24, 2.45) is 5.41 Å². The lowest BCUT2D eigenvalue weighted by Gasteiger charge is -2.39. The van der Waals surface area contributed by atoms with Crippen molar-refractivity contribution in [3.05, 3.63) is 77.0 Å². The van der Waals surface area contributed by atoms with Crippen molar-refractivity contribution >= 4 is 11.7 Å². The van der Waals surface area contributed by atoms with Crippen LogP contribution >= 0.6 is 0 Å². The van der Waals surface area contributed by atoms with Crippen LogP contribution in [0, 0.1) is 19.3 Å². The first-order chi connectivity index (χ1) is 15.7. The van der Waals surface area contributed by atoms with Gasteiger partial charge in [-0.15, -0.1) is 0 Å². The summed E-state index contributed by atoms with van der Waals surface area (Å²) in [6.45, 7) is 13.1. The van der Waals surface area contributed by atoms with E-state index < -0.39 is 0 Å². The van der Waals surface area contributed by atoms with E-state index in [0.29, 0.717) is 13.1 Å². The smallest absolute Gasteiger partial charge is 0.228 e. The Morgan fingerprint density at radius 2 is 1.61 bits per heavy atom. The van der Waals surface area contributed by atoms with E-state index in [1.165, 1.54) is 11.1 Å². The Morgan fingerprint density at radius 1 is 0.909 bits per heavy atom. The number of anilines is 1. The first kappa shape index (κ1) is 23.0. The largest absolute Gasteiger partial charge is 0.353 e. The average molecular weight is 443 g/mol. The summed E-state index contributed by atoms with van der Waals surface area (Å²) < 4.78 is 0. The molecule has 5 heteroatoms. The van der Waals surface area contributed by atoms with Gasteiger partial charge >= 0.3 is 0 Å². The molecule has 1 aromatic heterocycles. The van der Waals surface area contributed by atoms with Crippen LogP contribution in [-0.4, -0.2) is 47.0 Å². The molecule has 3 aromatic rings. The second-order valence-electron chi connectivity index (χ2n) is 10.00. The number of nitrogens with zero attached hydrogens (tertiary/aromatic N) is 4. The van der Waals surface area contributed by atoms with Gasteiger partial charge in [-0.3, -0.25) is 4.79 Å². The van der Waals surface area contributed by atoms with Gasteiger partial charge in [-0.1, -0.05) is 80.9 Å². The van der Waals surface area contributed by atoms with Crippen LogP contribution in [-0.2, 0) is 11.2 Å². The molecule has 2 aromatic carbocycles. The molecule has 1 fully saturated rings. The molecule has 2 heterocycles. The number of carbonyl (C=O) groups excluding carboxylic acids is 1. The SMILES string of the molecule is Cc1cccc(Cc2c(C)nc(-c3ccccc3)nc2N2CCN(C(=O)C(C)(C)C)CC2)c1. The second-order valence-corrected chi connectivity index (χ2v) is 10.00. The molecule has 1 amide bonds. The van der Waals surface area contributed by atoms with Crippen molar-refractivity contribution in [1.29, 1.82) is 0 Å². The minimum absolute atomic E-state index is 0.214. The van der Waals surface area contributed by atoms with Crippen molar-refractivity contribution in [3.8, 4) is 11.4 Å². The lowest BCUT2D eigenvalue weighted by molar-refractivity contribution is -0.139. The van der Waals surface area contributed by atoms with Gasteiger partial charge < -0.3 is 9.80 Å². The summed E-state index contributed by atoms with van der Waals surface area (Å²) in [5, 5.41) is 0. The molecule has 1 saturated heterocycles. The van der Waals surface area contributed by atoms with Crippen LogP contribution < -0.4 is 4.90 Å². The summed E-state index contributed by atoms with van der Waals surface area (Å²) in [5.41, 5.74) is 5.35. The Kier molecular flexibility index (Phi) is 6.50. The molecule has 1 aliphatic heterocycles. The standard InChI is InChI=1S/C28H34N4O/c1-20-10-9-11-22(18-20)19-24-21(2)29-25(23-12-7-6-8-13-23)30-26(24)31-14-16-32(17-15-31)27(33)28(3,4)5/h6-13,18H,14-17,19H2,1-5H3. The van der Waals surface area contributed by atoms with Crippen LogP contribution in [0.5, 0.6) is 0 Å². The zero-order chi connectivity index (χ0) is 23.6. The number of piperazine rings is 1. The highest BCUT2D eigenvalue weighted by Crippen LogP contribution is 2.29. The van der Waals surface area contributed by atoms with Crippen LogP contribution in [0.15, 0.2) is 54.6 Å². The Balaban J connectivity index is 1.68. The van der Waals surface area contributed by atoms with Gasteiger partial charge in [0.2, 0.25) is 5.91 Å². The average Bonchev–Trinajstić information content (AvgIpc) is 2.80. The first-order valence-electron chi connectivity index (χ1n) is 11.7. The topological polar surface area (TPSA) is 49.3 Å². The molecule has 4 rings (SSSR count). The van der Waals surface area contributed by atoms with E-state index >= 15 is 0 Å². The Morgan fingerprint density at radius 3 is 2.24 bits per heavy atom. The maximum atomic E-state index is 12.8. The highest BCUT2D eigenvalue weighted by atomic mass is 16.2. The van der Waals surface area contributed by atoms with Crippen molar-refractivity contribution in [3.63, 3.8) is 0 Å². The van der Waals surface area contributed by atoms with Crippen LogP contribution in [0.1, 0.15) is 43.2 Å². The third-order valence-electron chi connectivity index (χ3n) is 6.20. The molecule has 1 aliphatic rings. The van der Waals surface area contributed by atoms with Gasteiger partial charge in [0.15, 0.2) is 5.82 Å². The van der Waals surface area contributed by atoms with Gasteiger partial charge in [-0.05, 0) is 19.4 Å². The zero-order valence-corrected chi connectivity index (χ0v) is 20.4. The maximum Gasteiger partial charge on any atom is 0.228 e. The summed E-state index contributed by atoms with van der Waals surface area (Å²) in [6.07, 6.45) is 0.791. The zero-order valence-electron chi connectivity index (χ0n) is 20.4. The number of rotatable bonds is 4. The van der Waals surface area contributed by atoms with Crippen molar-refractivity contribution in [1.82, 2.24) is 14.9 Å². The Bertz CT molecular complexity index is 1130. The molecule has 0 unspecified atom stereocenters. The van der Waals surface area contributed by atoms with Gasteiger partial charge in [0.05, 0.1) is 0 Å². The highest BCUT2D eigenvalue weighted by Gasteiger charge is 2.31. The molecule has 0 radical (unpaired) electrons. The molecular weight excluding hydrogens is 408 g/mol. The number of aromatic nitrogens is 2. The summed E-state index contributed by atoms with van der Waals surface area (Å²) in [4.78, 5) is 27.1. The monoisotopic (exact) mass is 442 g/mol. The van der Waals surface area contributed by atoms with E-state index in [1.54, 1.807) is 0 Å². The van der Waals surface area contributed by atoms with Crippen LogP contribution in [0.4, 0.5) is 5.82 Å². The van der Waals surface area contributed by atoms with Gasteiger partial charge in [0.25, 0.3) is 0 Å². The van der Waals surface area contributed by atoms with Gasteiger partial charge in [-0.25, -0.2) is 9.97 Å². The Hall–Kier alpha value is -3.21. The molecule has 33 heavy (non-hydrogen) atoms. The predicted molar refractivity (Wildman–Crippen MR) is 134 cm³/mol. The maximum absolute atomic E-state index is 12.8. The number of carbonyl (C=O) groups is 1. The number of benzene rings is 2. The van der Waals surface area contributed by atoms with Crippen LogP contribution in [0.3, 0.4) is 0 Å². The van der Waals surface area contributed by atoms with Gasteiger partial charge in [0.1, 0.15) is 5.82 Å². The van der Waals surface area contributed by atoms with E-state index in [1.807, 2.05) is 43.9 Å². The molecule has 0 aliphatic carbocycles. The third kappa shape index (κ3) is 5.24. The number of hydrogen-bond donors (Lipinski definition) is 0. The molecule has 5 nitrogen and oxygen atoms in total. The second kappa shape index (κ2) is 9.34. The summed E-state index contributed by atoms with van der Waals surface area (Å²) in [7, 11) is 0. The fraction of sp³-hybridized carbons (Fsp3) is 0.393. The van der Waals surface area contributed by atoms with Crippen molar-refractivity contribution in [2.45, 2.75) is 41.0 Å². The van der Waals surface area contributed by atoms with E-state index in [-0.39, 0.29) is 11.3 Å². The molecule has 0 atom stereocenters. The molecular formula is C28H34N4O. The lowest BCUT2D eigenvalue weighted by atomic mass is 9.94. The van der Waals surface area contributed by atoms with E-state index in [0.717, 1.165) is 48.0 Å². The summed E-state index contributed by atoms with van der Waals surface area (Å²) in [6, 6.07) is 18.8. The van der Waals surface area contributed by atoms with Gasteiger partial charge in [-0.2, -0.15) is 0 Å². The number of amides is 1. The quantitative estimate of drug-likeness (QED) is 0.568. The Labute approximate surface area is 197 Å². The van der Waals surface area contributed by atoms with E-state index in [2.05, 4.69) is 55.1 Å². The van der Waals surface area contributed by atoms with Crippen molar-refractivity contribution < 1.29 is 4.79 Å². The van der Waals surface area contributed by atoms with Crippen molar-refractivity contribution in [2.75, 3.05) is 31.1 Å². The molecule has 0 bridgehead atoms. The number of aryl methyl sites for hydroxylation is 2.